The van der Waals surface area contributed by atoms with Gasteiger partial charge >= 0.3 is 0 Å². The first-order valence-electron chi connectivity index (χ1n) is 12.1. The Bertz CT molecular complexity index is 1340. The van der Waals surface area contributed by atoms with Crippen LogP contribution in [-0.4, -0.2) is 22.6 Å². The Morgan fingerprint density at radius 3 is 1.33 bits per heavy atom. The van der Waals surface area contributed by atoms with Crippen molar-refractivity contribution >= 4 is 23.8 Å². The van der Waals surface area contributed by atoms with Gasteiger partial charge in [-0.2, -0.15) is 0 Å². The molecule has 4 aromatic rings. The van der Waals surface area contributed by atoms with Gasteiger partial charge in [0.25, 0.3) is 0 Å². The number of aliphatic imine (C=N–C) groups is 2. The maximum atomic E-state index is 10.3. The van der Waals surface area contributed by atoms with E-state index < -0.39 is 0 Å². The van der Waals surface area contributed by atoms with E-state index in [1.54, 1.807) is 24.6 Å². The Balaban J connectivity index is 1.46. The van der Waals surface area contributed by atoms with E-state index >= 15 is 0 Å². The van der Waals surface area contributed by atoms with E-state index in [1.807, 2.05) is 48.5 Å². The van der Waals surface area contributed by atoms with Crippen LogP contribution in [0.3, 0.4) is 0 Å². The lowest BCUT2D eigenvalue weighted by molar-refractivity contribution is 0.473. The van der Waals surface area contributed by atoms with Crippen LogP contribution in [0, 0.1) is 27.7 Å². The summed E-state index contributed by atoms with van der Waals surface area (Å²) in [6.07, 6.45) is 5.02. The molecule has 0 aliphatic heterocycles. The van der Waals surface area contributed by atoms with E-state index in [4.69, 9.17) is 0 Å². The lowest BCUT2D eigenvalue weighted by atomic mass is 10.0. The zero-order valence-electron chi connectivity index (χ0n) is 21.3. The molecular formula is C32H32N2O2. The van der Waals surface area contributed by atoms with Crippen LogP contribution >= 0.6 is 0 Å². The smallest absolute Gasteiger partial charge is 0.124 e. The molecule has 0 atom stereocenters. The van der Waals surface area contributed by atoms with Gasteiger partial charge < -0.3 is 10.2 Å². The van der Waals surface area contributed by atoms with Crippen molar-refractivity contribution in [3.63, 3.8) is 0 Å². The quantitative estimate of drug-likeness (QED) is 0.269. The molecule has 0 saturated carbocycles. The summed E-state index contributed by atoms with van der Waals surface area (Å²) in [6, 6.07) is 23.4. The number of rotatable bonds is 7. The Hall–Kier alpha value is -4.18. The Kier molecular flexibility index (Phi) is 7.65. The van der Waals surface area contributed by atoms with E-state index in [1.165, 1.54) is 22.3 Å². The molecule has 0 saturated heterocycles. The van der Waals surface area contributed by atoms with Crippen molar-refractivity contribution in [1.82, 2.24) is 0 Å². The molecule has 4 heteroatoms. The summed E-state index contributed by atoms with van der Waals surface area (Å²) >= 11 is 0. The second-order valence-corrected chi connectivity index (χ2v) is 9.34. The molecule has 0 fully saturated rings. The number of phenolic OH excluding ortho intramolecular Hbond substituents is 2. The van der Waals surface area contributed by atoms with E-state index in [0.717, 1.165) is 35.3 Å². The molecule has 4 aromatic carbocycles. The van der Waals surface area contributed by atoms with Crippen molar-refractivity contribution in [3.8, 4) is 11.5 Å². The van der Waals surface area contributed by atoms with Crippen LogP contribution in [0.4, 0.5) is 11.4 Å². The molecule has 0 aliphatic rings. The minimum atomic E-state index is 0.209. The lowest BCUT2D eigenvalue weighted by Gasteiger charge is -2.07. The molecule has 0 heterocycles. The molecule has 0 aromatic heterocycles. The monoisotopic (exact) mass is 476 g/mol. The van der Waals surface area contributed by atoms with Gasteiger partial charge in [-0.15, -0.1) is 0 Å². The summed E-state index contributed by atoms with van der Waals surface area (Å²) in [6.45, 7) is 8.28. The number of aryl methyl sites for hydroxylation is 6. The Morgan fingerprint density at radius 1 is 0.528 bits per heavy atom. The molecule has 0 spiro atoms. The predicted octanol–water partition coefficient (Wildman–Crippen LogP) is 7.62. The molecule has 0 unspecified atom stereocenters. The van der Waals surface area contributed by atoms with Crippen molar-refractivity contribution in [2.75, 3.05) is 0 Å². The topological polar surface area (TPSA) is 65.2 Å². The van der Waals surface area contributed by atoms with E-state index in [2.05, 4.69) is 49.8 Å². The van der Waals surface area contributed by atoms with E-state index in [9.17, 15) is 10.2 Å². The van der Waals surface area contributed by atoms with Gasteiger partial charge in [-0.25, -0.2) is 0 Å². The van der Waals surface area contributed by atoms with Gasteiger partial charge in [0, 0.05) is 23.6 Å². The summed E-state index contributed by atoms with van der Waals surface area (Å²) in [4.78, 5) is 9.10. The molecular weight excluding hydrogens is 444 g/mol. The minimum Gasteiger partial charge on any atom is -0.507 e. The molecule has 36 heavy (non-hydrogen) atoms. The van der Waals surface area contributed by atoms with Gasteiger partial charge in [0.2, 0.25) is 0 Å². The average Bonchev–Trinajstić information content (AvgIpc) is 2.86. The average molecular weight is 477 g/mol. The van der Waals surface area contributed by atoms with Gasteiger partial charge in [-0.1, -0.05) is 24.3 Å². The summed E-state index contributed by atoms with van der Waals surface area (Å²) in [5.74, 6) is 0.418. The number of benzene rings is 4. The standard InChI is InChI=1S/C32H32N2O2/c1-21-5-11-29(15-23(21)3)33-19-27-17-25(9-13-31(27)35)7-8-26-10-14-32(36)28(18-26)20-34-30-12-6-22(2)24(4)16-30/h5-6,9-20,35-36H,7-8H2,1-4H3. The normalized spacial score (nSPS) is 11.6. The Labute approximate surface area is 213 Å². The van der Waals surface area contributed by atoms with Crippen LogP contribution in [0.1, 0.15) is 44.5 Å². The SMILES string of the molecule is Cc1ccc(N=Cc2cc(CCc3ccc(O)c(C=Nc4ccc(C)c(C)c4)c3)ccc2O)cc1C. The third-order valence-corrected chi connectivity index (χ3v) is 6.57. The second kappa shape index (κ2) is 11.0. The number of hydrogen-bond acceptors (Lipinski definition) is 4. The predicted molar refractivity (Wildman–Crippen MR) is 150 cm³/mol. The number of aromatic hydroxyl groups is 2. The molecule has 4 rings (SSSR count). The van der Waals surface area contributed by atoms with Gasteiger partial charge in [0.15, 0.2) is 0 Å². The van der Waals surface area contributed by atoms with Crippen LogP contribution in [-0.2, 0) is 12.8 Å². The second-order valence-electron chi connectivity index (χ2n) is 9.34. The van der Waals surface area contributed by atoms with Crippen LogP contribution in [0.15, 0.2) is 82.8 Å². The molecule has 0 radical (unpaired) electrons. The van der Waals surface area contributed by atoms with Crippen molar-refractivity contribution in [2.24, 2.45) is 9.98 Å². The minimum absolute atomic E-state index is 0.209. The van der Waals surface area contributed by atoms with Crippen molar-refractivity contribution in [2.45, 2.75) is 40.5 Å². The maximum Gasteiger partial charge on any atom is 0.124 e. The Morgan fingerprint density at radius 2 is 0.944 bits per heavy atom. The van der Waals surface area contributed by atoms with Gasteiger partial charge in [-0.05, 0) is 122 Å². The van der Waals surface area contributed by atoms with E-state index in [-0.39, 0.29) is 11.5 Å². The van der Waals surface area contributed by atoms with Crippen LogP contribution in [0.2, 0.25) is 0 Å². The summed E-state index contributed by atoms with van der Waals surface area (Å²) in [5, 5.41) is 20.6. The maximum absolute atomic E-state index is 10.3. The van der Waals surface area contributed by atoms with Crippen molar-refractivity contribution < 1.29 is 10.2 Å². The highest BCUT2D eigenvalue weighted by molar-refractivity contribution is 5.86. The highest BCUT2D eigenvalue weighted by Gasteiger charge is 2.05. The largest absolute Gasteiger partial charge is 0.507 e. The zero-order chi connectivity index (χ0) is 25.7. The first-order chi connectivity index (χ1) is 17.3. The van der Waals surface area contributed by atoms with Gasteiger partial charge in [0.1, 0.15) is 11.5 Å². The summed E-state index contributed by atoms with van der Waals surface area (Å²) in [5.41, 5.74) is 10.2. The lowest BCUT2D eigenvalue weighted by Crippen LogP contribution is -1.95. The fourth-order valence-corrected chi connectivity index (χ4v) is 3.91. The molecule has 2 N–H and O–H groups in total. The first kappa shape index (κ1) is 24.9. The van der Waals surface area contributed by atoms with Gasteiger partial charge in [0.05, 0.1) is 11.4 Å². The molecule has 0 amide bonds. The zero-order valence-corrected chi connectivity index (χ0v) is 21.3. The fourth-order valence-electron chi connectivity index (χ4n) is 3.91. The molecule has 0 bridgehead atoms. The van der Waals surface area contributed by atoms with Crippen LogP contribution < -0.4 is 0 Å². The highest BCUT2D eigenvalue weighted by atomic mass is 16.3. The first-order valence-corrected chi connectivity index (χ1v) is 12.1. The summed E-state index contributed by atoms with van der Waals surface area (Å²) < 4.78 is 0. The van der Waals surface area contributed by atoms with Crippen LogP contribution in [0.25, 0.3) is 0 Å². The third kappa shape index (κ3) is 6.28. The molecule has 0 aliphatic carbocycles. The van der Waals surface area contributed by atoms with Crippen molar-refractivity contribution in [3.05, 3.63) is 117 Å². The summed E-state index contributed by atoms with van der Waals surface area (Å²) in [7, 11) is 0. The molecule has 182 valence electrons. The van der Waals surface area contributed by atoms with Crippen LogP contribution in [0.5, 0.6) is 11.5 Å². The number of nitrogens with zero attached hydrogens (tertiary/aromatic N) is 2. The highest BCUT2D eigenvalue weighted by Crippen LogP contribution is 2.23. The van der Waals surface area contributed by atoms with Gasteiger partial charge in [-0.3, -0.25) is 9.98 Å². The number of phenols is 2. The van der Waals surface area contributed by atoms with E-state index in [0.29, 0.717) is 11.1 Å². The third-order valence-electron chi connectivity index (χ3n) is 6.57. The fraction of sp³-hybridized carbons (Fsp3) is 0.188. The van der Waals surface area contributed by atoms with Crippen molar-refractivity contribution in [1.29, 1.82) is 0 Å². The number of hydrogen-bond donors (Lipinski definition) is 2. The molecule has 4 nitrogen and oxygen atoms in total.